The number of phenols is 1. The van der Waals surface area contributed by atoms with Gasteiger partial charge < -0.3 is 16.2 Å². The Morgan fingerprint density at radius 1 is 1.24 bits per heavy atom. The van der Waals surface area contributed by atoms with Crippen LogP contribution in [0, 0.1) is 10.8 Å². The van der Waals surface area contributed by atoms with Crippen LogP contribution in [-0.2, 0) is 0 Å². The second kappa shape index (κ2) is 7.22. The SMILES string of the molecule is C/C(=C/C(=N)c1ccccc1O)C(=N)N.CC. The highest BCUT2D eigenvalue weighted by molar-refractivity contribution is 6.12. The van der Waals surface area contributed by atoms with Crippen molar-refractivity contribution in [3.63, 3.8) is 0 Å². The summed E-state index contributed by atoms with van der Waals surface area (Å²) in [4.78, 5) is 0. The van der Waals surface area contributed by atoms with Crippen LogP contribution < -0.4 is 5.73 Å². The Morgan fingerprint density at radius 3 is 2.24 bits per heavy atom. The predicted molar refractivity (Wildman–Crippen MR) is 72.0 cm³/mol. The Balaban J connectivity index is 0.00000121. The van der Waals surface area contributed by atoms with Crippen molar-refractivity contribution in [1.29, 1.82) is 10.8 Å². The molecule has 4 nitrogen and oxygen atoms in total. The molecule has 0 saturated carbocycles. The van der Waals surface area contributed by atoms with Crippen molar-refractivity contribution >= 4 is 11.5 Å². The Labute approximate surface area is 102 Å². The first-order chi connectivity index (χ1) is 8.02. The Hall–Kier alpha value is -2.10. The summed E-state index contributed by atoms with van der Waals surface area (Å²) in [6.45, 7) is 5.65. The van der Waals surface area contributed by atoms with E-state index in [1.807, 2.05) is 13.8 Å². The third-order valence-electron chi connectivity index (χ3n) is 1.98. The summed E-state index contributed by atoms with van der Waals surface area (Å²) in [7, 11) is 0. The van der Waals surface area contributed by atoms with Gasteiger partial charge in [-0.25, -0.2) is 0 Å². The minimum Gasteiger partial charge on any atom is -0.507 e. The molecule has 0 aromatic heterocycles. The Bertz CT molecular complexity index is 436. The molecule has 0 aliphatic heterocycles. The maximum absolute atomic E-state index is 9.48. The number of nitrogens with two attached hydrogens (primary N) is 1. The van der Waals surface area contributed by atoms with E-state index >= 15 is 0 Å². The minimum absolute atomic E-state index is 0.0510. The maximum atomic E-state index is 9.48. The van der Waals surface area contributed by atoms with Gasteiger partial charge in [-0.15, -0.1) is 0 Å². The zero-order valence-electron chi connectivity index (χ0n) is 10.4. The van der Waals surface area contributed by atoms with Gasteiger partial charge in [-0.2, -0.15) is 0 Å². The van der Waals surface area contributed by atoms with Gasteiger partial charge in [0.15, 0.2) is 0 Å². The van der Waals surface area contributed by atoms with Crippen molar-refractivity contribution in [3.8, 4) is 5.75 Å². The second-order valence-corrected chi connectivity index (χ2v) is 3.17. The molecular formula is C13H19N3O. The lowest BCUT2D eigenvalue weighted by Gasteiger charge is -2.03. The largest absolute Gasteiger partial charge is 0.507 e. The Kier molecular flexibility index (Phi) is 6.33. The van der Waals surface area contributed by atoms with Crippen LogP contribution >= 0.6 is 0 Å². The second-order valence-electron chi connectivity index (χ2n) is 3.17. The van der Waals surface area contributed by atoms with Crippen molar-refractivity contribution in [2.75, 3.05) is 0 Å². The number of hydrogen-bond donors (Lipinski definition) is 4. The molecule has 0 bridgehead atoms. The maximum Gasteiger partial charge on any atom is 0.124 e. The van der Waals surface area contributed by atoms with E-state index in [-0.39, 0.29) is 17.3 Å². The van der Waals surface area contributed by atoms with Crippen LogP contribution in [0.15, 0.2) is 35.9 Å². The van der Waals surface area contributed by atoms with E-state index in [4.69, 9.17) is 16.6 Å². The molecule has 1 aromatic rings. The summed E-state index contributed by atoms with van der Waals surface area (Å²) in [5.41, 5.74) is 6.33. The average molecular weight is 233 g/mol. The standard InChI is InChI=1S/C11H13N3O.C2H6/c1-7(11(13)14)6-9(12)8-4-2-3-5-10(8)15;1-2/h2-6,12,15H,1H3,(H3,13,14);1-2H3/b7-6-,12-9?;. The van der Waals surface area contributed by atoms with Crippen LogP contribution in [0.4, 0.5) is 0 Å². The molecule has 0 unspecified atom stereocenters. The quantitative estimate of drug-likeness (QED) is 0.477. The van der Waals surface area contributed by atoms with Crippen molar-refractivity contribution in [3.05, 3.63) is 41.5 Å². The van der Waals surface area contributed by atoms with Gasteiger partial charge in [0.25, 0.3) is 0 Å². The van der Waals surface area contributed by atoms with E-state index in [1.54, 1.807) is 25.1 Å². The molecule has 5 N–H and O–H groups in total. The van der Waals surface area contributed by atoms with Crippen molar-refractivity contribution in [2.24, 2.45) is 5.73 Å². The fraction of sp³-hybridized carbons (Fsp3) is 0.231. The number of rotatable bonds is 3. The van der Waals surface area contributed by atoms with Crippen molar-refractivity contribution in [1.82, 2.24) is 0 Å². The molecule has 4 heteroatoms. The minimum atomic E-state index is -0.0739. The monoisotopic (exact) mass is 233 g/mol. The highest BCUT2D eigenvalue weighted by atomic mass is 16.3. The number of hydrogen-bond acceptors (Lipinski definition) is 3. The molecule has 0 aliphatic carbocycles. The summed E-state index contributed by atoms with van der Waals surface area (Å²) >= 11 is 0. The van der Waals surface area contributed by atoms with Gasteiger partial charge in [0, 0.05) is 5.56 Å². The molecule has 0 saturated heterocycles. The molecule has 92 valence electrons. The summed E-state index contributed by atoms with van der Waals surface area (Å²) in [5, 5.41) is 24.3. The first-order valence-electron chi connectivity index (χ1n) is 5.42. The van der Waals surface area contributed by atoms with Crippen molar-refractivity contribution in [2.45, 2.75) is 20.8 Å². The number of amidine groups is 1. The van der Waals surface area contributed by atoms with E-state index in [1.165, 1.54) is 12.1 Å². The van der Waals surface area contributed by atoms with Crippen LogP contribution in [0.2, 0.25) is 0 Å². The zero-order valence-corrected chi connectivity index (χ0v) is 10.4. The van der Waals surface area contributed by atoms with Gasteiger partial charge in [-0.3, -0.25) is 5.41 Å². The van der Waals surface area contributed by atoms with E-state index in [9.17, 15) is 5.11 Å². The first kappa shape index (κ1) is 14.9. The van der Waals surface area contributed by atoms with Crippen LogP contribution in [0.1, 0.15) is 26.3 Å². The van der Waals surface area contributed by atoms with E-state index in [0.29, 0.717) is 11.1 Å². The third-order valence-corrected chi connectivity index (χ3v) is 1.98. The average Bonchev–Trinajstić information content (AvgIpc) is 2.31. The number of allylic oxidation sites excluding steroid dienone is 1. The van der Waals surface area contributed by atoms with Crippen molar-refractivity contribution < 1.29 is 5.11 Å². The molecule has 0 amide bonds. The summed E-state index contributed by atoms with van der Waals surface area (Å²) < 4.78 is 0. The summed E-state index contributed by atoms with van der Waals surface area (Å²) in [6, 6.07) is 6.58. The molecule has 0 fully saturated rings. The fourth-order valence-corrected chi connectivity index (χ4v) is 1.07. The lowest BCUT2D eigenvalue weighted by Crippen LogP contribution is -2.12. The number of phenolic OH excluding ortho intramolecular Hbond substituents is 1. The van der Waals surface area contributed by atoms with E-state index in [2.05, 4.69) is 0 Å². The third kappa shape index (κ3) is 4.51. The number of benzene rings is 1. The van der Waals surface area contributed by atoms with Crippen LogP contribution in [-0.4, -0.2) is 16.7 Å². The normalized spacial score (nSPS) is 10.2. The van der Waals surface area contributed by atoms with Gasteiger partial charge >= 0.3 is 0 Å². The molecular weight excluding hydrogens is 214 g/mol. The van der Waals surface area contributed by atoms with E-state index in [0.717, 1.165) is 0 Å². The first-order valence-corrected chi connectivity index (χ1v) is 5.42. The van der Waals surface area contributed by atoms with Gasteiger partial charge in [-0.05, 0) is 30.7 Å². The van der Waals surface area contributed by atoms with Gasteiger partial charge in [-0.1, -0.05) is 26.0 Å². The summed E-state index contributed by atoms with van der Waals surface area (Å²) in [5.74, 6) is -0.0229. The lowest BCUT2D eigenvalue weighted by molar-refractivity contribution is 0.474. The highest BCUT2D eigenvalue weighted by Crippen LogP contribution is 2.16. The highest BCUT2D eigenvalue weighted by Gasteiger charge is 2.04. The fourth-order valence-electron chi connectivity index (χ4n) is 1.07. The number of aromatic hydroxyl groups is 1. The molecule has 0 radical (unpaired) electrons. The summed E-state index contributed by atoms with van der Waals surface area (Å²) in [6.07, 6.45) is 1.46. The Morgan fingerprint density at radius 2 is 1.76 bits per heavy atom. The van der Waals surface area contributed by atoms with Gasteiger partial charge in [0.05, 0.1) is 5.71 Å². The molecule has 0 atom stereocenters. The molecule has 17 heavy (non-hydrogen) atoms. The molecule has 0 heterocycles. The topological polar surface area (TPSA) is 94.0 Å². The van der Waals surface area contributed by atoms with Crippen LogP contribution in [0.25, 0.3) is 0 Å². The zero-order chi connectivity index (χ0) is 13.4. The van der Waals surface area contributed by atoms with Crippen LogP contribution in [0.3, 0.4) is 0 Å². The number of nitrogens with one attached hydrogen (secondary N) is 2. The van der Waals surface area contributed by atoms with Gasteiger partial charge in [0.1, 0.15) is 11.6 Å². The predicted octanol–water partition coefficient (Wildman–Crippen LogP) is 2.67. The van der Waals surface area contributed by atoms with Crippen LogP contribution in [0.5, 0.6) is 5.75 Å². The smallest absolute Gasteiger partial charge is 0.124 e. The molecule has 0 spiro atoms. The molecule has 0 aliphatic rings. The number of para-hydroxylation sites is 1. The molecule has 1 rings (SSSR count). The van der Waals surface area contributed by atoms with Gasteiger partial charge in [0.2, 0.25) is 0 Å². The lowest BCUT2D eigenvalue weighted by atomic mass is 10.1. The van der Waals surface area contributed by atoms with E-state index < -0.39 is 0 Å². The molecule has 1 aromatic carbocycles.